The summed E-state index contributed by atoms with van der Waals surface area (Å²) < 4.78 is 5.24. The fraction of sp³-hybridized carbons (Fsp3) is 0.500. The fourth-order valence-corrected chi connectivity index (χ4v) is 1.69. The van der Waals surface area contributed by atoms with Gasteiger partial charge in [0.1, 0.15) is 5.75 Å². The second-order valence-electron chi connectivity index (χ2n) is 4.43. The van der Waals surface area contributed by atoms with E-state index in [9.17, 15) is 4.79 Å². The molecule has 0 spiro atoms. The Morgan fingerprint density at radius 2 is 2.11 bits per heavy atom. The Kier molecular flexibility index (Phi) is 9.00. The normalized spacial score (nSPS) is 11.3. The molecule has 1 atom stereocenters. The Bertz CT molecular complexity index is 383. The van der Waals surface area contributed by atoms with Gasteiger partial charge in [0.2, 0.25) is 5.91 Å². The third-order valence-electron chi connectivity index (χ3n) is 2.74. The third-order valence-corrected chi connectivity index (χ3v) is 2.74. The Morgan fingerprint density at radius 1 is 1.42 bits per heavy atom. The number of amides is 1. The topological polar surface area (TPSA) is 64.3 Å². The van der Waals surface area contributed by atoms with Gasteiger partial charge >= 0.3 is 0 Å². The van der Waals surface area contributed by atoms with Gasteiger partial charge in [0.15, 0.2) is 0 Å². The van der Waals surface area contributed by atoms with Crippen LogP contribution >= 0.6 is 12.4 Å². The maximum absolute atomic E-state index is 11.6. The first kappa shape index (κ1) is 17.7. The van der Waals surface area contributed by atoms with Crippen LogP contribution in [0.4, 0.5) is 0 Å². The Balaban J connectivity index is 0.00000324. The number of carbonyl (C=O) groups is 1. The lowest BCUT2D eigenvalue weighted by Crippen LogP contribution is -2.29. The van der Waals surface area contributed by atoms with E-state index < -0.39 is 0 Å². The van der Waals surface area contributed by atoms with Crippen LogP contribution in [-0.2, 0) is 11.2 Å². The number of halogens is 1. The number of ether oxygens (including phenoxy) is 1. The largest absolute Gasteiger partial charge is 0.496 e. The van der Waals surface area contributed by atoms with E-state index >= 15 is 0 Å². The summed E-state index contributed by atoms with van der Waals surface area (Å²) >= 11 is 0. The molecular weight excluding hydrogens is 264 g/mol. The van der Waals surface area contributed by atoms with Gasteiger partial charge < -0.3 is 15.8 Å². The quantitative estimate of drug-likeness (QED) is 0.805. The van der Waals surface area contributed by atoms with Crippen molar-refractivity contribution in [1.29, 1.82) is 0 Å². The molecule has 0 fully saturated rings. The molecule has 0 saturated carbocycles. The fourth-order valence-electron chi connectivity index (χ4n) is 1.69. The highest BCUT2D eigenvalue weighted by Crippen LogP contribution is 2.18. The number of carbonyl (C=O) groups excluding carboxylic acids is 1. The van der Waals surface area contributed by atoms with Gasteiger partial charge in [-0.25, -0.2) is 0 Å². The van der Waals surface area contributed by atoms with Crippen molar-refractivity contribution in [1.82, 2.24) is 5.32 Å². The molecule has 0 aliphatic carbocycles. The van der Waals surface area contributed by atoms with Crippen LogP contribution < -0.4 is 15.8 Å². The van der Waals surface area contributed by atoms with E-state index in [1.165, 1.54) is 0 Å². The third kappa shape index (κ3) is 7.03. The van der Waals surface area contributed by atoms with Crippen LogP contribution in [0.3, 0.4) is 0 Å². The van der Waals surface area contributed by atoms with Crippen LogP contribution in [0.2, 0.25) is 0 Å². The Hall–Kier alpha value is -1.26. The van der Waals surface area contributed by atoms with E-state index in [0.717, 1.165) is 17.7 Å². The molecule has 19 heavy (non-hydrogen) atoms. The van der Waals surface area contributed by atoms with Gasteiger partial charge in [-0.2, -0.15) is 0 Å². The summed E-state index contributed by atoms with van der Waals surface area (Å²) in [5.41, 5.74) is 6.67. The van der Waals surface area contributed by atoms with Crippen molar-refractivity contribution >= 4 is 18.3 Å². The second kappa shape index (κ2) is 9.64. The number of hydrogen-bond donors (Lipinski definition) is 2. The predicted molar refractivity (Wildman–Crippen MR) is 79.8 cm³/mol. The summed E-state index contributed by atoms with van der Waals surface area (Å²) in [6.07, 6.45) is 1.97. The molecule has 4 nitrogen and oxygen atoms in total. The van der Waals surface area contributed by atoms with Crippen molar-refractivity contribution in [3.63, 3.8) is 0 Å². The number of methoxy groups -OCH3 is 1. The van der Waals surface area contributed by atoms with Crippen LogP contribution in [0.25, 0.3) is 0 Å². The first-order valence-corrected chi connectivity index (χ1v) is 6.27. The smallest absolute Gasteiger partial charge is 0.220 e. The van der Waals surface area contributed by atoms with E-state index in [0.29, 0.717) is 19.4 Å². The van der Waals surface area contributed by atoms with Crippen molar-refractivity contribution in [2.24, 2.45) is 5.73 Å². The van der Waals surface area contributed by atoms with Gasteiger partial charge in [0, 0.05) is 19.0 Å². The molecule has 5 heteroatoms. The van der Waals surface area contributed by atoms with E-state index in [2.05, 4.69) is 5.32 Å². The van der Waals surface area contributed by atoms with Gasteiger partial charge in [0.05, 0.1) is 7.11 Å². The van der Waals surface area contributed by atoms with Crippen molar-refractivity contribution in [2.45, 2.75) is 32.2 Å². The Labute approximate surface area is 121 Å². The summed E-state index contributed by atoms with van der Waals surface area (Å²) in [5.74, 6) is 0.891. The van der Waals surface area contributed by atoms with Gasteiger partial charge in [-0.1, -0.05) is 18.2 Å². The second-order valence-corrected chi connectivity index (χ2v) is 4.43. The summed E-state index contributed by atoms with van der Waals surface area (Å²) in [5, 5.41) is 2.86. The molecule has 1 aromatic rings. The zero-order valence-electron chi connectivity index (χ0n) is 11.5. The average Bonchev–Trinajstić information content (AvgIpc) is 2.36. The Morgan fingerprint density at radius 3 is 2.74 bits per heavy atom. The standard InChI is InChI=1S/C14H22N2O2.ClH/c1-11(15)9-10-16-14(17)8-7-12-5-3-4-6-13(12)18-2;/h3-6,11H,7-10,15H2,1-2H3,(H,16,17);1H. The summed E-state index contributed by atoms with van der Waals surface area (Å²) in [6.45, 7) is 2.57. The summed E-state index contributed by atoms with van der Waals surface area (Å²) in [6, 6.07) is 7.88. The van der Waals surface area contributed by atoms with Gasteiger partial charge in [0.25, 0.3) is 0 Å². The number of benzene rings is 1. The molecule has 0 saturated heterocycles. The maximum Gasteiger partial charge on any atom is 0.220 e. The van der Waals surface area contributed by atoms with Crippen molar-refractivity contribution < 1.29 is 9.53 Å². The number of nitrogens with one attached hydrogen (secondary N) is 1. The minimum absolute atomic E-state index is 0. The summed E-state index contributed by atoms with van der Waals surface area (Å²) in [7, 11) is 1.64. The molecule has 1 amide bonds. The first-order valence-electron chi connectivity index (χ1n) is 6.27. The number of hydrogen-bond acceptors (Lipinski definition) is 3. The first-order chi connectivity index (χ1) is 8.63. The zero-order valence-corrected chi connectivity index (χ0v) is 12.3. The molecule has 108 valence electrons. The molecule has 0 aliphatic rings. The molecular formula is C14H23ClN2O2. The maximum atomic E-state index is 11.6. The van der Waals surface area contributed by atoms with Crippen LogP contribution in [0, 0.1) is 0 Å². The van der Waals surface area contributed by atoms with E-state index in [4.69, 9.17) is 10.5 Å². The van der Waals surface area contributed by atoms with Crippen LogP contribution in [0.15, 0.2) is 24.3 Å². The predicted octanol–water partition coefficient (Wildman–Crippen LogP) is 1.90. The highest BCUT2D eigenvalue weighted by molar-refractivity contribution is 5.85. The molecule has 1 unspecified atom stereocenters. The van der Waals surface area contributed by atoms with E-state index in [1.54, 1.807) is 7.11 Å². The van der Waals surface area contributed by atoms with Crippen molar-refractivity contribution in [2.75, 3.05) is 13.7 Å². The van der Waals surface area contributed by atoms with Crippen molar-refractivity contribution in [3.05, 3.63) is 29.8 Å². The summed E-state index contributed by atoms with van der Waals surface area (Å²) in [4.78, 5) is 11.6. The molecule has 0 radical (unpaired) electrons. The van der Waals surface area contributed by atoms with Crippen LogP contribution in [-0.4, -0.2) is 25.6 Å². The highest BCUT2D eigenvalue weighted by atomic mass is 35.5. The van der Waals surface area contributed by atoms with Gasteiger partial charge in [-0.15, -0.1) is 12.4 Å². The molecule has 0 heterocycles. The van der Waals surface area contributed by atoms with E-state index in [-0.39, 0.29) is 24.4 Å². The molecule has 1 rings (SSSR count). The monoisotopic (exact) mass is 286 g/mol. The lowest BCUT2D eigenvalue weighted by atomic mass is 10.1. The van der Waals surface area contributed by atoms with Gasteiger partial charge in [-0.3, -0.25) is 4.79 Å². The van der Waals surface area contributed by atoms with Gasteiger partial charge in [-0.05, 0) is 31.4 Å². The average molecular weight is 287 g/mol. The minimum atomic E-state index is 0. The molecule has 1 aromatic carbocycles. The minimum Gasteiger partial charge on any atom is -0.496 e. The van der Waals surface area contributed by atoms with Crippen LogP contribution in [0.5, 0.6) is 5.75 Å². The molecule has 0 bridgehead atoms. The molecule has 0 aliphatic heterocycles. The van der Waals surface area contributed by atoms with Crippen molar-refractivity contribution in [3.8, 4) is 5.75 Å². The number of nitrogens with two attached hydrogens (primary N) is 1. The van der Waals surface area contributed by atoms with E-state index in [1.807, 2.05) is 31.2 Å². The number of aryl methyl sites for hydroxylation is 1. The number of para-hydroxylation sites is 1. The van der Waals surface area contributed by atoms with Crippen LogP contribution in [0.1, 0.15) is 25.3 Å². The highest BCUT2D eigenvalue weighted by Gasteiger charge is 2.06. The lowest BCUT2D eigenvalue weighted by molar-refractivity contribution is -0.121. The molecule has 3 N–H and O–H groups in total. The zero-order chi connectivity index (χ0) is 13.4. The SMILES string of the molecule is COc1ccccc1CCC(=O)NCCC(C)N.Cl. The number of rotatable bonds is 7. The molecule has 0 aromatic heterocycles. The lowest BCUT2D eigenvalue weighted by Gasteiger charge is -2.09.